The van der Waals surface area contributed by atoms with Crippen LogP contribution in [0.5, 0.6) is 0 Å². The minimum absolute atomic E-state index is 0.0234. The quantitative estimate of drug-likeness (QED) is 0.838. The van der Waals surface area contributed by atoms with Crippen LogP contribution < -0.4 is 0 Å². The molecular formula is C15H20ClNO4S. The van der Waals surface area contributed by atoms with Gasteiger partial charge in [0.25, 0.3) is 0 Å². The Morgan fingerprint density at radius 2 is 1.77 bits per heavy atom. The highest BCUT2D eigenvalue weighted by Crippen LogP contribution is 2.17. The fourth-order valence-electron chi connectivity index (χ4n) is 2.52. The van der Waals surface area contributed by atoms with Crippen molar-refractivity contribution in [2.45, 2.75) is 37.4 Å². The molecule has 1 aromatic rings. The number of ether oxygens (including phenoxy) is 1. The second-order valence-corrected chi connectivity index (χ2v) is 8.12. The van der Waals surface area contributed by atoms with Gasteiger partial charge >= 0.3 is 0 Å². The lowest BCUT2D eigenvalue weighted by Crippen LogP contribution is -2.48. The van der Waals surface area contributed by atoms with E-state index in [2.05, 4.69) is 0 Å². The zero-order valence-electron chi connectivity index (χ0n) is 12.7. The van der Waals surface area contributed by atoms with E-state index in [1.807, 2.05) is 13.8 Å². The predicted molar refractivity (Wildman–Crippen MR) is 84.7 cm³/mol. The summed E-state index contributed by atoms with van der Waals surface area (Å²) >= 11 is 5.75. The lowest BCUT2D eigenvalue weighted by molar-refractivity contribution is -0.142. The highest BCUT2D eigenvalue weighted by Gasteiger charge is 2.27. The molecule has 1 heterocycles. The van der Waals surface area contributed by atoms with E-state index in [4.69, 9.17) is 16.3 Å². The summed E-state index contributed by atoms with van der Waals surface area (Å²) < 4.78 is 30.0. The molecule has 0 radical (unpaired) electrons. The first-order valence-corrected chi connectivity index (χ1v) is 9.22. The summed E-state index contributed by atoms with van der Waals surface area (Å²) in [5.41, 5.74) is 0. The third kappa shape index (κ3) is 4.44. The minimum atomic E-state index is -3.48. The molecule has 1 amide bonds. The second-order valence-electron chi connectivity index (χ2n) is 5.58. The van der Waals surface area contributed by atoms with Crippen LogP contribution in [0.15, 0.2) is 29.2 Å². The zero-order valence-corrected chi connectivity index (χ0v) is 14.2. The average Bonchev–Trinajstić information content (AvgIpc) is 2.44. The number of carbonyl (C=O) groups is 1. The number of carbonyl (C=O) groups excluding carboxylic acids is 1. The second kappa shape index (κ2) is 6.98. The van der Waals surface area contributed by atoms with Crippen LogP contribution in [0.4, 0.5) is 0 Å². The normalized spacial score (nSPS) is 22.6. The standard InChI is InChI=1S/C15H20ClNO4S/c1-11-9-17(10-12(2)21-11)15(18)7-8-22(19,20)14-5-3-13(16)4-6-14/h3-6,11-12H,7-10H2,1-2H3/t11-,12+. The number of benzene rings is 1. The van der Waals surface area contributed by atoms with Gasteiger partial charge in [0.1, 0.15) is 0 Å². The van der Waals surface area contributed by atoms with Gasteiger partial charge in [-0.2, -0.15) is 0 Å². The molecule has 2 rings (SSSR count). The molecule has 1 saturated heterocycles. The van der Waals surface area contributed by atoms with E-state index in [9.17, 15) is 13.2 Å². The third-order valence-electron chi connectivity index (χ3n) is 3.53. The minimum Gasteiger partial charge on any atom is -0.372 e. The topological polar surface area (TPSA) is 63.7 Å². The number of halogens is 1. The van der Waals surface area contributed by atoms with Crippen LogP contribution in [0.1, 0.15) is 20.3 Å². The Bertz CT molecular complexity index is 619. The fourth-order valence-corrected chi connectivity index (χ4v) is 3.88. The maximum absolute atomic E-state index is 12.2. The van der Waals surface area contributed by atoms with Gasteiger partial charge in [0.2, 0.25) is 5.91 Å². The molecule has 1 aliphatic rings. The summed E-state index contributed by atoms with van der Waals surface area (Å²) in [5.74, 6) is -0.354. The van der Waals surface area contributed by atoms with Crippen LogP contribution in [-0.4, -0.2) is 50.3 Å². The van der Waals surface area contributed by atoms with Crippen molar-refractivity contribution < 1.29 is 17.9 Å². The fraction of sp³-hybridized carbons (Fsp3) is 0.533. The van der Waals surface area contributed by atoms with E-state index in [1.165, 1.54) is 24.3 Å². The summed E-state index contributed by atoms with van der Waals surface area (Å²) in [4.78, 5) is 14.1. The Hall–Kier alpha value is -1.11. The molecule has 0 N–H and O–H groups in total. The number of nitrogens with zero attached hydrogens (tertiary/aromatic N) is 1. The molecule has 0 unspecified atom stereocenters. The highest BCUT2D eigenvalue weighted by atomic mass is 35.5. The van der Waals surface area contributed by atoms with Crippen LogP contribution in [0.3, 0.4) is 0 Å². The van der Waals surface area contributed by atoms with Crippen molar-refractivity contribution in [3.05, 3.63) is 29.3 Å². The summed E-state index contributed by atoms with van der Waals surface area (Å²) in [6.07, 6.45) is -0.0779. The number of morpholine rings is 1. The van der Waals surface area contributed by atoms with E-state index in [1.54, 1.807) is 4.90 Å². The lowest BCUT2D eigenvalue weighted by Gasteiger charge is -2.35. The van der Waals surface area contributed by atoms with E-state index in [0.717, 1.165) is 0 Å². The molecule has 0 saturated carbocycles. The van der Waals surface area contributed by atoms with Crippen molar-refractivity contribution >= 4 is 27.3 Å². The van der Waals surface area contributed by atoms with Gasteiger partial charge in [0, 0.05) is 24.5 Å². The summed E-state index contributed by atoms with van der Waals surface area (Å²) in [7, 11) is -3.48. The van der Waals surface area contributed by atoms with Crippen molar-refractivity contribution in [1.29, 1.82) is 0 Å². The Balaban J connectivity index is 1.96. The third-order valence-corrected chi connectivity index (χ3v) is 5.51. The Labute approximate surface area is 136 Å². The summed E-state index contributed by atoms with van der Waals surface area (Å²) in [6.45, 7) is 4.81. The van der Waals surface area contributed by atoms with Crippen molar-refractivity contribution in [3.63, 3.8) is 0 Å². The van der Waals surface area contributed by atoms with Gasteiger partial charge in [-0.05, 0) is 38.1 Å². The average molecular weight is 346 g/mol. The first kappa shape index (κ1) is 17.2. The SMILES string of the molecule is C[C@@H]1CN(C(=O)CCS(=O)(=O)c2ccc(Cl)cc2)C[C@H](C)O1. The van der Waals surface area contributed by atoms with E-state index in [0.29, 0.717) is 18.1 Å². The number of amides is 1. The molecule has 1 fully saturated rings. The molecule has 0 aliphatic carbocycles. The van der Waals surface area contributed by atoms with Crippen molar-refractivity contribution in [3.8, 4) is 0 Å². The van der Waals surface area contributed by atoms with Gasteiger partial charge in [-0.1, -0.05) is 11.6 Å². The molecule has 1 aromatic carbocycles. The van der Waals surface area contributed by atoms with Gasteiger partial charge in [0.05, 0.1) is 22.9 Å². The maximum atomic E-state index is 12.2. The Kier molecular flexibility index (Phi) is 5.47. The van der Waals surface area contributed by atoms with Crippen molar-refractivity contribution in [2.75, 3.05) is 18.8 Å². The summed E-state index contributed by atoms with van der Waals surface area (Å²) in [5, 5.41) is 0.478. The molecular weight excluding hydrogens is 326 g/mol. The van der Waals surface area contributed by atoms with Gasteiger partial charge in [-0.3, -0.25) is 4.79 Å². The van der Waals surface area contributed by atoms with Gasteiger partial charge in [-0.15, -0.1) is 0 Å². The molecule has 2 atom stereocenters. The van der Waals surface area contributed by atoms with Gasteiger partial charge in [0.15, 0.2) is 9.84 Å². The maximum Gasteiger partial charge on any atom is 0.223 e. The van der Waals surface area contributed by atoms with Crippen LogP contribution >= 0.6 is 11.6 Å². The monoisotopic (exact) mass is 345 g/mol. The van der Waals surface area contributed by atoms with Crippen LogP contribution in [-0.2, 0) is 19.4 Å². The number of sulfone groups is 1. The molecule has 7 heteroatoms. The number of rotatable bonds is 4. The molecule has 0 bridgehead atoms. The molecule has 5 nitrogen and oxygen atoms in total. The zero-order chi connectivity index (χ0) is 16.3. The Morgan fingerprint density at radius 1 is 1.23 bits per heavy atom. The molecule has 22 heavy (non-hydrogen) atoms. The molecule has 1 aliphatic heterocycles. The predicted octanol–water partition coefficient (Wildman–Crippen LogP) is 2.14. The highest BCUT2D eigenvalue weighted by molar-refractivity contribution is 7.91. The molecule has 0 aromatic heterocycles. The molecule has 0 spiro atoms. The first-order chi connectivity index (χ1) is 10.3. The lowest BCUT2D eigenvalue weighted by atomic mass is 10.2. The summed E-state index contributed by atoms with van der Waals surface area (Å²) in [6, 6.07) is 5.98. The van der Waals surface area contributed by atoms with Crippen LogP contribution in [0.25, 0.3) is 0 Å². The van der Waals surface area contributed by atoms with Crippen LogP contribution in [0.2, 0.25) is 5.02 Å². The largest absolute Gasteiger partial charge is 0.372 e. The van der Waals surface area contributed by atoms with Crippen LogP contribution in [0, 0.1) is 0 Å². The van der Waals surface area contributed by atoms with E-state index >= 15 is 0 Å². The van der Waals surface area contributed by atoms with Crippen molar-refractivity contribution in [2.24, 2.45) is 0 Å². The number of hydrogen-bond donors (Lipinski definition) is 0. The van der Waals surface area contributed by atoms with E-state index in [-0.39, 0.29) is 35.2 Å². The van der Waals surface area contributed by atoms with Gasteiger partial charge in [-0.25, -0.2) is 8.42 Å². The molecule has 122 valence electrons. The van der Waals surface area contributed by atoms with E-state index < -0.39 is 9.84 Å². The van der Waals surface area contributed by atoms with Gasteiger partial charge < -0.3 is 9.64 Å². The number of hydrogen-bond acceptors (Lipinski definition) is 4. The van der Waals surface area contributed by atoms with Crippen molar-refractivity contribution in [1.82, 2.24) is 4.90 Å². The Morgan fingerprint density at radius 3 is 2.32 bits per heavy atom. The first-order valence-electron chi connectivity index (χ1n) is 7.19. The smallest absolute Gasteiger partial charge is 0.223 e.